The number of sulfonamides is 1. The normalized spacial score (nSPS) is 22.7. The highest BCUT2D eigenvalue weighted by Crippen LogP contribution is 2.37. The molecule has 3 N–H and O–H groups in total. The molecule has 2 atom stereocenters. The van der Waals surface area contributed by atoms with E-state index in [1.807, 2.05) is 6.92 Å². The van der Waals surface area contributed by atoms with E-state index in [0.717, 1.165) is 6.42 Å². The summed E-state index contributed by atoms with van der Waals surface area (Å²) in [4.78, 5) is 37.0. The van der Waals surface area contributed by atoms with Gasteiger partial charge in [-0.25, -0.2) is 8.42 Å². The lowest BCUT2D eigenvalue weighted by molar-refractivity contribution is -0.134. The second-order valence-corrected chi connectivity index (χ2v) is 9.30. The molecule has 1 aromatic heterocycles. The molecule has 154 valence electrons. The van der Waals surface area contributed by atoms with E-state index in [1.54, 1.807) is 11.9 Å². The third kappa shape index (κ3) is 4.04. The molecule has 1 saturated heterocycles. The van der Waals surface area contributed by atoms with E-state index in [4.69, 9.17) is 5.73 Å². The number of carbonyl (C=O) groups is 3. The maximum absolute atomic E-state index is 12.8. The maximum Gasteiger partial charge on any atom is 0.265 e. The number of nitrogens with zero attached hydrogens (tertiary/aromatic N) is 3. The number of hydrogen-bond donors (Lipinski definition) is 2. The van der Waals surface area contributed by atoms with Crippen molar-refractivity contribution < 1.29 is 22.8 Å². The van der Waals surface area contributed by atoms with Gasteiger partial charge in [-0.2, -0.15) is 4.31 Å². The quantitative estimate of drug-likeness (QED) is 0.602. The van der Waals surface area contributed by atoms with Crippen LogP contribution in [0.4, 0.5) is 0 Å². The van der Waals surface area contributed by atoms with E-state index in [1.165, 1.54) is 21.1 Å². The van der Waals surface area contributed by atoms with Crippen LogP contribution in [0.5, 0.6) is 0 Å². The number of nitrogens with one attached hydrogen (secondary N) is 1. The van der Waals surface area contributed by atoms with Crippen LogP contribution in [0.15, 0.2) is 17.2 Å². The molecule has 3 rings (SSSR count). The molecule has 0 aromatic carbocycles. The Balaban J connectivity index is 1.55. The molecule has 1 aliphatic heterocycles. The first kappa shape index (κ1) is 20.3. The average Bonchev–Trinajstić information content (AvgIpc) is 3.24. The van der Waals surface area contributed by atoms with E-state index < -0.39 is 15.9 Å². The Hall–Kier alpha value is -2.40. The van der Waals surface area contributed by atoms with Crippen molar-refractivity contribution in [1.29, 1.82) is 0 Å². The molecule has 2 heterocycles. The van der Waals surface area contributed by atoms with Crippen molar-refractivity contribution in [2.75, 3.05) is 32.7 Å². The number of aryl methyl sites for hydroxylation is 1. The molecular weight excluding hydrogens is 386 g/mol. The van der Waals surface area contributed by atoms with Crippen molar-refractivity contribution >= 4 is 27.7 Å². The lowest BCUT2D eigenvalue weighted by Gasteiger charge is -2.33. The second-order valence-electron chi connectivity index (χ2n) is 7.36. The fourth-order valence-corrected chi connectivity index (χ4v) is 4.83. The summed E-state index contributed by atoms with van der Waals surface area (Å²) < 4.78 is 28.2. The molecule has 10 nitrogen and oxygen atoms in total. The Labute approximate surface area is 163 Å². The van der Waals surface area contributed by atoms with Crippen molar-refractivity contribution in [3.63, 3.8) is 0 Å². The zero-order valence-electron chi connectivity index (χ0n) is 15.9. The molecular formula is C17H25N5O5S. The zero-order valence-corrected chi connectivity index (χ0v) is 16.7. The highest BCUT2D eigenvalue weighted by molar-refractivity contribution is 7.89. The fraction of sp³-hybridized carbons (Fsp3) is 0.588. The summed E-state index contributed by atoms with van der Waals surface area (Å²) in [6.45, 7) is 2.68. The largest absolute Gasteiger partial charge is 0.364 e. The van der Waals surface area contributed by atoms with Crippen LogP contribution in [-0.2, 0) is 26.7 Å². The smallest absolute Gasteiger partial charge is 0.265 e. The molecule has 2 fully saturated rings. The highest BCUT2D eigenvalue weighted by atomic mass is 32.2. The van der Waals surface area contributed by atoms with Crippen LogP contribution in [0.2, 0.25) is 0 Å². The molecule has 2 aliphatic rings. The molecule has 1 aliphatic carbocycles. The molecule has 1 aromatic rings. The van der Waals surface area contributed by atoms with E-state index in [9.17, 15) is 22.8 Å². The number of primary amides is 1. The van der Waals surface area contributed by atoms with Crippen LogP contribution >= 0.6 is 0 Å². The van der Waals surface area contributed by atoms with Gasteiger partial charge in [-0.1, -0.05) is 6.92 Å². The SMILES string of the molecule is C[C@H]1C[C@H]1C(=O)NCC(=O)N1CCN(S(=O)(=O)c2cc(C(N)=O)n(C)c2)CC1. The van der Waals surface area contributed by atoms with Crippen LogP contribution in [0.3, 0.4) is 0 Å². The van der Waals surface area contributed by atoms with Crippen LogP contribution in [0.1, 0.15) is 23.8 Å². The van der Waals surface area contributed by atoms with Gasteiger partial charge in [0.2, 0.25) is 21.8 Å². The Kier molecular flexibility index (Phi) is 5.48. The predicted molar refractivity (Wildman–Crippen MR) is 99.6 cm³/mol. The van der Waals surface area contributed by atoms with Gasteiger partial charge in [0.25, 0.3) is 5.91 Å². The summed E-state index contributed by atoms with van der Waals surface area (Å²) in [6.07, 6.45) is 2.20. The first-order chi connectivity index (χ1) is 13.1. The zero-order chi connectivity index (χ0) is 20.6. The average molecular weight is 411 g/mol. The third-order valence-corrected chi connectivity index (χ3v) is 7.19. The van der Waals surface area contributed by atoms with Gasteiger partial charge in [-0.05, 0) is 18.4 Å². The van der Waals surface area contributed by atoms with Crippen molar-refractivity contribution in [2.24, 2.45) is 24.6 Å². The number of rotatable bonds is 6. The summed E-state index contributed by atoms with van der Waals surface area (Å²) in [6, 6.07) is 1.25. The minimum absolute atomic E-state index is 0.00519. The van der Waals surface area contributed by atoms with Crippen molar-refractivity contribution in [2.45, 2.75) is 18.2 Å². The lowest BCUT2D eigenvalue weighted by atomic mass is 10.3. The number of piperazine rings is 1. The van der Waals surface area contributed by atoms with Gasteiger partial charge in [-0.15, -0.1) is 0 Å². The minimum atomic E-state index is -3.78. The van der Waals surface area contributed by atoms with Crippen LogP contribution in [0, 0.1) is 11.8 Å². The van der Waals surface area contributed by atoms with Gasteiger partial charge in [0.15, 0.2) is 0 Å². The molecule has 0 spiro atoms. The van der Waals surface area contributed by atoms with Crippen LogP contribution < -0.4 is 11.1 Å². The Morgan fingerprint density at radius 1 is 1.21 bits per heavy atom. The Morgan fingerprint density at radius 3 is 2.32 bits per heavy atom. The van der Waals surface area contributed by atoms with Crippen LogP contribution in [-0.4, -0.2) is 72.6 Å². The standard InChI is InChI=1S/C17H25N5O5S/c1-11-7-13(11)17(25)19-9-15(23)21-3-5-22(6-4-21)28(26,27)12-8-14(16(18)24)20(2)10-12/h8,10-11,13H,3-7,9H2,1-2H3,(H2,18,24)(H,19,25)/t11-,13+/m0/s1. The fourth-order valence-electron chi connectivity index (χ4n) is 3.34. The summed E-state index contributed by atoms with van der Waals surface area (Å²) >= 11 is 0. The maximum atomic E-state index is 12.8. The van der Waals surface area contributed by atoms with E-state index in [-0.39, 0.29) is 61.0 Å². The number of amides is 3. The summed E-state index contributed by atoms with van der Waals surface area (Å²) in [5.74, 6) is -0.657. The Morgan fingerprint density at radius 2 is 1.82 bits per heavy atom. The van der Waals surface area contributed by atoms with Crippen LogP contribution in [0.25, 0.3) is 0 Å². The van der Waals surface area contributed by atoms with Crippen molar-refractivity contribution in [3.8, 4) is 0 Å². The number of nitrogens with two attached hydrogens (primary N) is 1. The van der Waals surface area contributed by atoms with E-state index >= 15 is 0 Å². The Bertz CT molecular complexity index is 901. The summed E-state index contributed by atoms with van der Waals surface area (Å²) in [5, 5.41) is 2.65. The van der Waals surface area contributed by atoms with Gasteiger partial charge in [0, 0.05) is 45.3 Å². The number of carbonyl (C=O) groups excluding carboxylic acids is 3. The predicted octanol–water partition coefficient (Wildman–Crippen LogP) is -1.27. The van der Waals surface area contributed by atoms with E-state index in [2.05, 4.69) is 5.32 Å². The topological polar surface area (TPSA) is 135 Å². The molecule has 0 unspecified atom stereocenters. The molecule has 11 heteroatoms. The molecule has 3 amide bonds. The number of hydrogen-bond acceptors (Lipinski definition) is 5. The van der Waals surface area contributed by atoms with Gasteiger partial charge >= 0.3 is 0 Å². The van der Waals surface area contributed by atoms with Crippen molar-refractivity contribution in [3.05, 3.63) is 18.0 Å². The molecule has 28 heavy (non-hydrogen) atoms. The summed E-state index contributed by atoms with van der Waals surface area (Å²) in [5.41, 5.74) is 5.34. The van der Waals surface area contributed by atoms with Gasteiger partial charge in [0.1, 0.15) is 10.6 Å². The van der Waals surface area contributed by atoms with Gasteiger partial charge < -0.3 is 20.5 Å². The lowest BCUT2D eigenvalue weighted by Crippen LogP contribution is -2.52. The first-order valence-corrected chi connectivity index (χ1v) is 10.6. The molecule has 1 saturated carbocycles. The van der Waals surface area contributed by atoms with E-state index in [0.29, 0.717) is 5.92 Å². The van der Waals surface area contributed by atoms with Gasteiger partial charge in [-0.3, -0.25) is 14.4 Å². The summed E-state index contributed by atoms with van der Waals surface area (Å²) in [7, 11) is -2.24. The second kappa shape index (κ2) is 7.55. The molecule has 0 radical (unpaired) electrons. The van der Waals surface area contributed by atoms with Crippen molar-refractivity contribution in [1.82, 2.24) is 19.1 Å². The van der Waals surface area contributed by atoms with Gasteiger partial charge in [0.05, 0.1) is 6.54 Å². The third-order valence-electron chi connectivity index (χ3n) is 5.32. The number of aromatic nitrogens is 1. The highest BCUT2D eigenvalue weighted by Gasteiger charge is 2.39. The monoisotopic (exact) mass is 411 g/mol. The first-order valence-electron chi connectivity index (χ1n) is 9.13. The molecule has 0 bridgehead atoms. The minimum Gasteiger partial charge on any atom is -0.364 e.